The predicted octanol–water partition coefficient (Wildman–Crippen LogP) is 2.34. The number of rotatable bonds is 3. The summed E-state index contributed by atoms with van der Waals surface area (Å²) in [4.78, 5) is 30.6. The molecule has 9 heteroatoms. The van der Waals surface area contributed by atoms with Crippen molar-refractivity contribution < 1.29 is 14.0 Å². The van der Waals surface area contributed by atoms with Crippen molar-refractivity contribution in [1.29, 1.82) is 0 Å². The Bertz CT molecular complexity index is 779. The molecule has 1 aliphatic rings. The molecule has 0 saturated carbocycles. The monoisotopic (exact) mass is 346 g/mol. The van der Waals surface area contributed by atoms with Gasteiger partial charge >= 0.3 is 6.03 Å². The van der Waals surface area contributed by atoms with Gasteiger partial charge in [0.2, 0.25) is 5.91 Å². The van der Waals surface area contributed by atoms with Gasteiger partial charge in [-0.1, -0.05) is 20.3 Å². The summed E-state index contributed by atoms with van der Waals surface area (Å²) in [5.74, 6) is -0.645. The van der Waals surface area contributed by atoms with Crippen LogP contribution in [0.1, 0.15) is 25.8 Å². The number of hydrogen-bond donors (Lipinski definition) is 3. The van der Waals surface area contributed by atoms with E-state index < -0.39 is 17.9 Å². The molecule has 3 heterocycles. The highest BCUT2D eigenvalue weighted by molar-refractivity contribution is 6.00. The number of carbonyl (C=O) groups is 2. The Balaban J connectivity index is 1.98. The molecule has 0 radical (unpaired) electrons. The highest BCUT2D eigenvalue weighted by Crippen LogP contribution is 2.28. The zero-order valence-electron chi connectivity index (χ0n) is 13.9. The highest BCUT2D eigenvalue weighted by Gasteiger charge is 2.37. The average Bonchev–Trinajstić information content (AvgIpc) is 3.03. The number of amides is 3. The molecule has 1 aliphatic heterocycles. The smallest absolute Gasteiger partial charge is 0.323 e. The molecular formula is C16H19FN6O2. The second-order valence-electron chi connectivity index (χ2n) is 6.00. The number of halogens is 1. The molecule has 0 saturated heterocycles. The molecule has 0 aromatic carbocycles. The van der Waals surface area contributed by atoms with Crippen LogP contribution in [0.15, 0.2) is 24.7 Å². The van der Waals surface area contributed by atoms with E-state index in [2.05, 4.69) is 25.8 Å². The normalized spacial score (nSPS) is 18.1. The van der Waals surface area contributed by atoms with E-state index >= 15 is 0 Å². The second-order valence-corrected chi connectivity index (χ2v) is 6.00. The summed E-state index contributed by atoms with van der Waals surface area (Å²) >= 11 is 0. The SMILES string of the molecule is CCC(C)C1C(=O)Nc2cncc(F)c2CN1C(=O)Nc1ccn[nH]1. The van der Waals surface area contributed by atoms with Crippen LogP contribution < -0.4 is 10.6 Å². The Morgan fingerprint density at radius 3 is 3.00 bits per heavy atom. The minimum absolute atomic E-state index is 0.0442. The molecule has 0 spiro atoms. The van der Waals surface area contributed by atoms with Crippen molar-refractivity contribution in [2.75, 3.05) is 10.6 Å². The number of aromatic nitrogens is 3. The first-order chi connectivity index (χ1) is 12.0. The molecule has 0 fully saturated rings. The van der Waals surface area contributed by atoms with Crippen molar-refractivity contribution in [3.8, 4) is 0 Å². The van der Waals surface area contributed by atoms with Crippen molar-refractivity contribution >= 4 is 23.4 Å². The van der Waals surface area contributed by atoms with E-state index in [1.54, 1.807) is 6.07 Å². The van der Waals surface area contributed by atoms with Crippen molar-refractivity contribution in [3.63, 3.8) is 0 Å². The topological polar surface area (TPSA) is 103 Å². The molecule has 0 bridgehead atoms. The number of aromatic amines is 1. The summed E-state index contributed by atoms with van der Waals surface area (Å²) in [7, 11) is 0. The summed E-state index contributed by atoms with van der Waals surface area (Å²) in [6.07, 6.45) is 4.64. The summed E-state index contributed by atoms with van der Waals surface area (Å²) < 4.78 is 14.2. The minimum Gasteiger partial charge on any atom is -0.323 e. The van der Waals surface area contributed by atoms with Crippen LogP contribution in [0.3, 0.4) is 0 Å². The van der Waals surface area contributed by atoms with E-state index in [0.717, 1.165) is 6.20 Å². The Morgan fingerprint density at radius 1 is 1.52 bits per heavy atom. The Morgan fingerprint density at radius 2 is 2.32 bits per heavy atom. The van der Waals surface area contributed by atoms with E-state index in [9.17, 15) is 14.0 Å². The molecule has 25 heavy (non-hydrogen) atoms. The van der Waals surface area contributed by atoms with E-state index in [-0.39, 0.29) is 29.6 Å². The molecule has 2 aromatic rings. The third-order valence-corrected chi connectivity index (χ3v) is 4.38. The van der Waals surface area contributed by atoms with Gasteiger partial charge in [-0.2, -0.15) is 5.10 Å². The molecule has 132 valence electrons. The summed E-state index contributed by atoms with van der Waals surface area (Å²) in [5, 5.41) is 11.7. The van der Waals surface area contributed by atoms with Crippen molar-refractivity contribution in [1.82, 2.24) is 20.1 Å². The van der Waals surface area contributed by atoms with Gasteiger partial charge in [0, 0.05) is 11.6 Å². The molecule has 2 atom stereocenters. The predicted molar refractivity (Wildman–Crippen MR) is 89.2 cm³/mol. The quantitative estimate of drug-likeness (QED) is 0.793. The third kappa shape index (κ3) is 3.30. The van der Waals surface area contributed by atoms with E-state index in [0.29, 0.717) is 12.2 Å². The van der Waals surface area contributed by atoms with E-state index in [1.165, 1.54) is 17.3 Å². The number of nitrogens with one attached hydrogen (secondary N) is 3. The Hall–Kier alpha value is -2.97. The number of anilines is 2. The lowest BCUT2D eigenvalue weighted by molar-refractivity contribution is -0.121. The van der Waals surface area contributed by atoms with Crippen molar-refractivity contribution in [2.45, 2.75) is 32.9 Å². The van der Waals surface area contributed by atoms with Crippen LogP contribution in [-0.2, 0) is 11.3 Å². The fourth-order valence-electron chi connectivity index (χ4n) is 2.85. The van der Waals surface area contributed by atoms with Gasteiger partial charge in [-0.3, -0.25) is 20.2 Å². The fourth-order valence-corrected chi connectivity index (χ4v) is 2.85. The lowest BCUT2D eigenvalue weighted by Gasteiger charge is -2.32. The van der Waals surface area contributed by atoms with Crippen LogP contribution in [0.5, 0.6) is 0 Å². The number of urea groups is 1. The van der Waals surface area contributed by atoms with E-state index in [4.69, 9.17) is 0 Å². The zero-order chi connectivity index (χ0) is 18.0. The number of nitrogens with zero attached hydrogens (tertiary/aromatic N) is 3. The number of hydrogen-bond acceptors (Lipinski definition) is 4. The first kappa shape index (κ1) is 16.9. The van der Waals surface area contributed by atoms with Gasteiger partial charge in [-0.25, -0.2) is 9.18 Å². The van der Waals surface area contributed by atoms with Gasteiger partial charge in [0.25, 0.3) is 0 Å². The molecule has 3 amide bonds. The fraction of sp³-hybridized carbons (Fsp3) is 0.375. The molecule has 0 aliphatic carbocycles. The standard InChI is InChI=1S/C16H19FN6O2/c1-3-9(2)14-15(24)20-12-7-18-6-11(17)10(12)8-23(14)16(25)21-13-4-5-19-22-13/h4-7,9,14H,3,8H2,1-2H3,(H,20,24)(H2,19,21,22,25). The maximum atomic E-state index is 14.2. The maximum absolute atomic E-state index is 14.2. The number of carbonyl (C=O) groups excluding carboxylic acids is 2. The summed E-state index contributed by atoms with van der Waals surface area (Å²) in [6, 6.07) is 0.348. The van der Waals surface area contributed by atoms with Crippen LogP contribution in [0.25, 0.3) is 0 Å². The summed E-state index contributed by atoms with van der Waals surface area (Å²) in [6.45, 7) is 3.77. The molecule has 2 aromatic heterocycles. The second kappa shape index (κ2) is 6.88. The van der Waals surface area contributed by atoms with Crippen LogP contribution in [-0.4, -0.2) is 38.1 Å². The van der Waals surface area contributed by atoms with Gasteiger partial charge in [0.15, 0.2) is 0 Å². The lowest BCUT2D eigenvalue weighted by atomic mass is 9.97. The van der Waals surface area contributed by atoms with Gasteiger partial charge in [0.1, 0.15) is 17.7 Å². The first-order valence-electron chi connectivity index (χ1n) is 8.01. The molecule has 2 unspecified atom stereocenters. The molecule has 3 rings (SSSR count). The maximum Gasteiger partial charge on any atom is 0.324 e. The highest BCUT2D eigenvalue weighted by atomic mass is 19.1. The Labute approximate surface area is 143 Å². The molecule has 3 N–H and O–H groups in total. The van der Waals surface area contributed by atoms with Crippen LogP contribution in [0.2, 0.25) is 0 Å². The minimum atomic E-state index is -0.736. The largest absolute Gasteiger partial charge is 0.324 e. The molecular weight excluding hydrogens is 327 g/mol. The summed E-state index contributed by atoms with van der Waals surface area (Å²) in [5.41, 5.74) is 0.518. The van der Waals surface area contributed by atoms with Gasteiger partial charge in [-0.05, 0) is 5.92 Å². The van der Waals surface area contributed by atoms with Gasteiger partial charge < -0.3 is 10.2 Å². The van der Waals surface area contributed by atoms with Gasteiger partial charge in [-0.15, -0.1) is 0 Å². The number of H-pyrrole nitrogens is 1. The van der Waals surface area contributed by atoms with Gasteiger partial charge in [0.05, 0.1) is 30.8 Å². The first-order valence-corrected chi connectivity index (χ1v) is 8.01. The van der Waals surface area contributed by atoms with E-state index in [1.807, 2.05) is 13.8 Å². The van der Waals surface area contributed by atoms with Crippen LogP contribution >= 0.6 is 0 Å². The lowest BCUT2D eigenvalue weighted by Crippen LogP contribution is -2.50. The average molecular weight is 346 g/mol. The van der Waals surface area contributed by atoms with Crippen LogP contribution in [0, 0.1) is 11.7 Å². The number of fused-ring (bicyclic) bond motifs is 1. The zero-order valence-corrected chi connectivity index (χ0v) is 13.9. The Kier molecular flexibility index (Phi) is 4.64. The van der Waals surface area contributed by atoms with Crippen molar-refractivity contribution in [2.24, 2.45) is 5.92 Å². The number of pyridine rings is 1. The molecule has 8 nitrogen and oxygen atoms in total. The van der Waals surface area contributed by atoms with Crippen molar-refractivity contribution in [3.05, 3.63) is 36.0 Å². The third-order valence-electron chi connectivity index (χ3n) is 4.38. The van der Waals surface area contributed by atoms with Crippen LogP contribution in [0.4, 0.5) is 20.7 Å².